The Bertz CT molecular complexity index is 1600. The minimum Gasteiger partial charge on any atom is -0.507 e. The van der Waals surface area contributed by atoms with Gasteiger partial charge < -0.3 is 14.6 Å². The fourth-order valence-electron chi connectivity index (χ4n) is 4.10. The predicted octanol–water partition coefficient (Wildman–Crippen LogP) is 4.24. The normalized spacial score (nSPS) is 16.8. The number of pyridine rings is 1. The van der Waals surface area contributed by atoms with Crippen molar-refractivity contribution in [3.05, 3.63) is 87.7 Å². The van der Waals surface area contributed by atoms with E-state index in [1.165, 1.54) is 50.7 Å². The van der Waals surface area contributed by atoms with Crippen molar-refractivity contribution in [1.82, 2.24) is 9.97 Å². The third kappa shape index (κ3) is 4.02. The van der Waals surface area contributed by atoms with Gasteiger partial charge in [0.25, 0.3) is 11.5 Å². The number of fused-ring (bicyclic) bond motifs is 1. The van der Waals surface area contributed by atoms with Crippen molar-refractivity contribution >= 4 is 49.8 Å². The fourth-order valence-corrected chi connectivity index (χ4v) is 5.13. The number of nitro groups is 1. The van der Waals surface area contributed by atoms with Crippen LogP contribution in [0.4, 0.5) is 10.8 Å². The average Bonchev–Trinajstić information content (AvgIpc) is 3.45. The van der Waals surface area contributed by atoms with Crippen LogP contribution in [0.1, 0.15) is 17.3 Å². The number of ether oxygens (including phenoxy) is 2. The summed E-state index contributed by atoms with van der Waals surface area (Å²) in [5.74, 6) is -1.51. The number of Topliss-reactive ketones (excluding diaryl/α,β-unsaturated/α-hetero) is 1. The van der Waals surface area contributed by atoms with Crippen molar-refractivity contribution in [1.29, 1.82) is 0 Å². The van der Waals surface area contributed by atoms with Crippen LogP contribution >= 0.6 is 11.3 Å². The third-order valence-corrected chi connectivity index (χ3v) is 6.86. The summed E-state index contributed by atoms with van der Waals surface area (Å²) in [5, 5.41) is 22.6. The zero-order valence-corrected chi connectivity index (χ0v) is 20.3. The second-order valence-corrected chi connectivity index (χ2v) is 8.91. The predicted molar refractivity (Wildman–Crippen MR) is 135 cm³/mol. The van der Waals surface area contributed by atoms with Crippen LogP contribution < -0.4 is 14.4 Å². The van der Waals surface area contributed by atoms with E-state index in [-0.39, 0.29) is 22.0 Å². The molecule has 2 aromatic carbocycles. The molecule has 4 aromatic rings. The molecule has 1 fully saturated rings. The van der Waals surface area contributed by atoms with Gasteiger partial charge in [0.15, 0.2) is 16.6 Å². The van der Waals surface area contributed by atoms with Gasteiger partial charge in [0.1, 0.15) is 11.8 Å². The van der Waals surface area contributed by atoms with Crippen LogP contribution in [0.5, 0.6) is 11.5 Å². The number of aromatic nitrogens is 2. The van der Waals surface area contributed by atoms with Crippen molar-refractivity contribution in [2.45, 2.75) is 6.04 Å². The minimum atomic E-state index is -1.09. The highest BCUT2D eigenvalue weighted by Crippen LogP contribution is 2.44. The molecule has 0 spiro atoms. The number of thiazole rings is 1. The highest BCUT2D eigenvalue weighted by molar-refractivity contribution is 7.22. The number of carbonyl (C=O) groups excluding carboxylic acids is 2. The number of nitrogens with zero attached hydrogens (tertiary/aromatic N) is 4. The molecule has 11 nitrogen and oxygen atoms in total. The van der Waals surface area contributed by atoms with E-state index in [1.807, 2.05) is 0 Å². The van der Waals surface area contributed by atoms with Gasteiger partial charge in [0.2, 0.25) is 0 Å². The molecule has 0 aliphatic carbocycles. The van der Waals surface area contributed by atoms with E-state index in [0.29, 0.717) is 27.4 Å². The van der Waals surface area contributed by atoms with Gasteiger partial charge in [0.05, 0.1) is 40.6 Å². The number of methoxy groups -OCH3 is 2. The largest absolute Gasteiger partial charge is 0.507 e. The van der Waals surface area contributed by atoms with Crippen LogP contribution in [-0.2, 0) is 9.59 Å². The Labute approximate surface area is 213 Å². The van der Waals surface area contributed by atoms with E-state index >= 15 is 0 Å². The second-order valence-electron chi connectivity index (χ2n) is 7.90. The summed E-state index contributed by atoms with van der Waals surface area (Å²) in [4.78, 5) is 47.3. The first-order chi connectivity index (χ1) is 17.8. The number of aliphatic hydroxyl groups is 1. The molecule has 2 aromatic heterocycles. The first-order valence-electron chi connectivity index (χ1n) is 10.8. The van der Waals surface area contributed by atoms with Crippen LogP contribution in [0, 0.1) is 10.1 Å². The summed E-state index contributed by atoms with van der Waals surface area (Å²) in [6, 6.07) is 12.7. The van der Waals surface area contributed by atoms with E-state index in [4.69, 9.17) is 9.47 Å². The fraction of sp³-hybridized carbons (Fsp3) is 0.120. The number of nitro benzene ring substituents is 1. The smallest absolute Gasteiger partial charge is 0.301 e. The lowest BCUT2D eigenvalue weighted by Crippen LogP contribution is -2.29. The Morgan fingerprint density at radius 2 is 1.86 bits per heavy atom. The molecule has 1 atom stereocenters. The van der Waals surface area contributed by atoms with Gasteiger partial charge >= 0.3 is 5.91 Å². The molecule has 0 saturated carbocycles. The first kappa shape index (κ1) is 23.9. The number of hydrogen-bond donors (Lipinski definition) is 1. The molecule has 12 heteroatoms. The summed E-state index contributed by atoms with van der Waals surface area (Å²) in [7, 11) is 2.91. The Kier molecular flexibility index (Phi) is 6.01. The highest BCUT2D eigenvalue weighted by atomic mass is 32.1. The minimum absolute atomic E-state index is 0.125. The molecule has 37 heavy (non-hydrogen) atoms. The van der Waals surface area contributed by atoms with Gasteiger partial charge in [-0.15, -0.1) is 0 Å². The number of hydrogen-bond acceptors (Lipinski definition) is 10. The molecule has 3 heterocycles. The zero-order valence-electron chi connectivity index (χ0n) is 19.4. The van der Waals surface area contributed by atoms with Crippen LogP contribution in [0.15, 0.2) is 66.4 Å². The Morgan fingerprint density at radius 3 is 2.54 bits per heavy atom. The molecule has 1 unspecified atom stereocenters. The van der Waals surface area contributed by atoms with Crippen LogP contribution in [0.2, 0.25) is 0 Å². The maximum Gasteiger partial charge on any atom is 0.301 e. The number of ketones is 1. The van der Waals surface area contributed by atoms with Gasteiger partial charge in [-0.2, -0.15) is 0 Å². The molecule has 1 N–H and O–H groups in total. The molecular formula is C25H18N4O7S. The monoisotopic (exact) mass is 518 g/mol. The van der Waals surface area contributed by atoms with Gasteiger partial charge in [-0.05, 0) is 36.4 Å². The molecule has 1 saturated heterocycles. The van der Waals surface area contributed by atoms with Crippen molar-refractivity contribution in [3.63, 3.8) is 0 Å². The van der Waals surface area contributed by atoms with Crippen molar-refractivity contribution in [2.75, 3.05) is 19.1 Å². The number of carbonyl (C=O) groups is 2. The maximum absolute atomic E-state index is 13.3. The number of benzene rings is 2. The number of aliphatic hydroxyl groups excluding tert-OH is 1. The molecule has 1 aliphatic heterocycles. The number of rotatable bonds is 6. The van der Waals surface area contributed by atoms with Crippen LogP contribution in [0.3, 0.4) is 0 Å². The summed E-state index contributed by atoms with van der Waals surface area (Å²) in [5.41, 5.74) is 0.679. The molecule has 0 radical (unpaired) electrons. The quantitative estimate of drug-likeness (QED) is 0.130. The molecule has 186 valence electrons. The summed E-state index contributed by atoms with van der Waals surface area (Å²) in [6.45, 7) is 0. The number of anilines is 1. The SMILES string of the molecule is COc1ccc(/C(O)=C2\C(=O)C(=O)N(c3nc4ccc([N+](=O)[O-])cc4s3)C2c2ccccn2)cc1OC. The summed E-state index contributed by atoms with van der Waals surface area (Å²) < 4.78 is 11.0. The van der Waals surface area contributed by atoms with Gasteiger partial charge in [-0.3, -0.25) is 29.6 Å². The molecular weight excluding hydrogens is 500 g/mol. The van der Waals surface area contributed by atoms with E-state index in [9.17, 15) is 24.8 Å². The lowest BCUT2D eigenvalue weighted by molar-refractivity contribution is -0.384. The van der Waals surface area contributed by atoms with Gasteiger partial charge in [0, 0.05) is 23.9 Å². The third-order valence-electron chi connectivity index (χ3n) is 5.85. The zero-order chi connectivity index (χ0) is 26.3. The Balaban J connectivity index is 1.70. The van der Waals surface area contributed by atoms with E-state index in [1.54, 1.807) is 24.3 Å². The van der Waals surface area contributed by atoms with Crippen molar-refractivity contribution < 1.29 is 29.1 Å². The standard InChI is InChI=1S/C25H18N4O7S/c1-35-17-9-6-13(11-18(17)36-2)22(30)20-21(16-5-3-4-10-26-16)28(24(32)23(20)31)25-27-15-8-7-14(29(33)34)12-19(15)37-25/h3-12,21,30H,1-2H3/b22-20+. The van der Waals surface area contributed by atoms with Crippen LogP contribution in [0.25, 0.3) is 16.0 Å². The van der Waals surface area contributed by atoms with E-state index in [2.05, 4.69) is 9.97 Å². The Morgan fingerprint density at radius 1 is 1.08 bits per heavy atom. The van der Waals surface area contributed by atoms with Crippen LogP contribution in [-0.4, -0.2) is 45.9 Å². The van der Waals surface area contributed by atoms with Gasteiger partial charge in [-0.25, -0.2) is 4.98 Å². The Hall–Kier alpha value is -4.84. The number of amides is 1. The molecule has 1 amide bonds. The topological polar surface area (TPSA) is 145 Å². The number of non-ortho nitro benzene ring substituents is 1. The molecule has 1 aliphatic rings. The molecule has 0 bridgehead atoms. The molecule has 5 rings (SSSR count). The van der Waals surface area contributed by atoms with Crippen molar-refractivity contribution in [2.24, 2.45) is 0 Å². The highest BCUT2D eigenvalue weighted by Gasteiger charge is 2.49. The summed E-state index contributed by atoms with van der Waals surface area (Å²) >= 11 is 1.02. The first-order valence-corrected chi connectivity index (χ1v) is 11.6. The van der Waals surface area contributed by atoms with Gasteiger partial charge in [-0.1, -0.05) is 17.4 Å². The summed E-state index contributed by atoms with van der Waals surface area (Å²) in [6.07, 6.45) is 1.51. The lowest BCUT2D eigenvalue weighted by atomic mass is 9.98. The van der Waals surface area contributed by atoms with E-state index < -0.39 is 28.4 Å². The van der Waals surface area contributed by atoms with Crippen molar-refractivity contribution in [3.8, 4) is 11.5 Å². The second kappa shape index (κ2) is 9.32. The average molecular weight is 519 g/mol. The lowest BCUT2D eigenvalue weighted by Gasteiger charge is -2.22. The van der Waals surface area contributed by atoms with E-state index in [0.717, 1.165) is 16.2 Å². The maximum atomic E-state index is 13.3.